The molecule has 1 aromatic carbocycles. The van der Waals surface area contributed by atoms with Gasteiger partial charge in [0, 0.05) is 26.4 Å². The monoisotopic (exact) mass is 341 g/mol. The molecule has 1 aromatic rings. The molecule has 0 radical (unpaired) electrons. The third-order valence-corrected chi connectivity index (χ3v) is 4.73. The lowest BCUT2D eigenvalue weighted by Crippen LogP contribution is -2.26. The van der Waals surface area contributed by atoms with Gasteiger partial charge in [-0.2, -0.15) is 0 Å². The summed E-state index contributed by atoms with van der Waals surface area (Å²) in [5, 5.41) is 5.73. The Morgan fingerprint density at radius 1 is 1.20 bits per heavy atom. The summed E-state index contributed by atoms with van der Waals surface area (Å²) >= 11 is 0. The molecule has 1 aliphatic heterocycles. The van der Waals surface area contributed by atoms with Gasteiger partial charge in [0.25, 0.3) is 0 Å². The smallest absolute Gasteiger partial charge is 0.229 e. The predicted molar refractivity (Wildman–Crippen MR) is 95.9 cm³/mol. The lowest BCUT2D eigenvalue weighted by Gasteiger charge is -2.15. The molecule has 6 nitrogen and oxygen atoms in total. The van der Waals surface area contributed by atoms with Crippen molar-refractivity contribution in [1.82, 2.24) is 4.90 Å². The van der Waals surface area contributed by atoms with Crippen LogP contribution in [0, 0.1) is 11.8 Å². The van der Waals surface area contributed by atoms with E-state index in [1.165, 1.54) is 0 Å². The van der Waals surface area contributed by atoms with Gasteiger partial charge in [-0.05, 0) is 30.9 Å². The van der Waals surface area contributed by atoms with E-state index in [0.29, 0.717) is 30.3 Å². The summed E-state index contributed by atoms with van der Waals surface area (Å²) in [6.45, 7) is 0.424. The number of hydrogen-bond donors (Lipinski definition) is 2. The second-order valence-corrected chi connectivity index (χ2v) is 6.73. The van der Waals surface area contributed by atoms with Crippen molar-refractivity contribution in [3.05, 3.63) is 36.4 Å². The zero-order chi connectivity index (χ0) is 17.8. The summed E-state index contributed by atoms with van der Waals surface area (Å²) in [7, 11) is 1.70. The summed E-state index contributed by atoms with van der Waals surface area (Å²) in [5.74, 6) is -0.342. The lowest BCUT2D eigenvalue weighted by molar-refractivity contribution is -0.127. The van der Waals surface area contributed by atoms with E-state index >= 15 is 0 Å². The van der Waals surface area contributed by atoms with Crippen molar-refractivity contribution < 1.29 is 14.4 Å². The van der Waals surface area contributed by atoms with Crippen molar-refractivity contribution >= 4 is 29.1 Å². The molecule has 2 N–H and O–H groups in total. The molecule has 2 atom stereocenters. The van der Waals surface area contributed by atoms with E-state index in [4.69, 9.17) is 0 Å². The average molecular weight is 341 g/mol. The van der Waals surface area contributed by atoms with Crippen molar-refractivity contribution in [3.8, 4) is 0 Å². The summed E-state index contributed by atoms with van der Waals surface area (Å²) in [4.78, 5) is 37.8. The van der Waals surface area contributed by atoms with E-state index in [-0.39, 0.29) is 30.1 Å². The molecule has 0 bridgehead atoms. The number of amides is 3. The number of nitrogens with zero attached hydrogens (tertiary/aromatic N) is 1. The van der Waals surface area contributed by atoms with E-state index in [9.17, 15) is 14.4 Å². The Kier molecular flexibility index (Phi) is 5.16. The molecule has 0 unspecified atom stereocenters. The number of rotatable bonds is 5. The van der Waals surface area contributed by atoms with E-state index in [2.05, 4.69) is 22.8 Å². The first-order valence-electron chi connectivity index (χ1n) is 8.63. The van der Waals surface area contributed by atoms with Crippen LogP contribution in [0.3, 0.4) is 0 Å². The maximum absolute atomic E-state index is 12.4. The highest BCUT2D eigenvalue weighted by molar-refractivity contribution is 6.02. The standard InChI is InChI=1S/C19H23N3O3/c1-22-12-14(11-18(22)24)19(25)21-16-9-5-4-8-15(16)20-17(23)10-13-6-2-3-7-13/h2,4-6,8-9,13-14H,3,7,10-12H2,1H3,(H,20,23)(H,21,25)/t13-,14+/m0/s1. The summed E-state index contributed by atoms with van der Waals surface area (Å²) in [6, 6.07) is 7.14. The number of para-hydroxylation sites is 2. The predicted octanol–water partition coefficient (Wildman–Crippen LogP) is 2.40. The van der Waals surface area contributed by atoms with Gasteiger partial charge in [0.1, 0.15) is 0 Å². The Morgan fingerprint density at radius 3 is 2.52 bits per heavy atom. The number of carbonyl (C=O) groups is 3. The number of likely N-dealkylation sites (tertiary alicyclic amines) is 1. The molecular weight excluding hydrogens is 318 g/mol. The van der Waals surface area contributed by atoms with Crippen LogP contribution in [0.2, 0.25) is 0 Å². The molecule has 1 heterocycles. The molecule has 0 saturated carbocycles. The van der Waals surface area contributed by atoms with Gasteiger partial charge in [-0.15, -0.1) is 0 Å². The summed E-state index contributed by atoms with van der Waals surface area (Å²) in [5.41, 5.74) is 1.14. The largest absolute Gasteiger partial charge is 0.345 e. The number of carbonyl (C=O) groups excluding carboxylic acids is 3. The fraction of sp³-hybridized carbons (Fsp3) is 0.421. The summed E-state index contributed by atoms with van der Waals surface area (Å²) in [6.07, 6.45) is 6.90. The molecule has 1 fully saturated rings. The first kappa shape index (κ1) is 17.2. The third-order valence-electron chi connectivity index (χ3n) is 4.73. The van der Waals surface area contributed by atoms with Crippen LogP contribution >= 0.6 is 0 Å². The van der Waals surface area contributed by atoms with E-state index in [1.54, 1.807) is 30.1 Å². The minimum Gasteiger partial charge on any atom is -0.345 e. The van der Waals surface area contributed by atoms with Crippen LogP contribution < -0.4 is 10.6 Å². The Balaban J connectivity index is 1.62. The van der Waals surface area contributed by atoms with Gasteiger partial charge in [0.15, 0.2) is 0 Å². The highest BCUT2D eigenvalue weighted by Crippen LogP contribution is 2.26. The Labute approximate surface area is 147 Å². The first-order valence-corrected chi connectivity index (χ1v) is 8.63. The van der Waals surface area contributed by atoms with Crippen molar-refractivity contribution in [1.29, 1.82) is 0 Å². The Bertz CT molecular complexity index is 714. The van der Waals surface area contributed by atoms with Gasteiger partial charge < -0.3 is 15.5 Å². The number of allylic oxidation sites excluding steroid dienone is 2. The third kappa shape index (κ3) is 4.26. The van der Waals surface area contributed by atoms with Crippen LogP contribution in [0.4, 0.5) is 11.4 Å². The molecule has 132 valence electrons. The minimum atomic E-state index is -0.357. The number of anilines is 2. The van der Waals surface area contributed by atoms with Crippen molar-refractivity contribution in [3.63, 3.8) is 0 Å². The van der Waals surface area contributed by atoms with Crippen molar-refractivity contribution in [2.45, 2.75) is 25.7 Å². The van der Waals surface area contributed by atoms with E-state index in [0.717, 1.165) is 12.8 Å². The number of benzene rings is 1. The molecule has 3 rings (SSSR count). The molecule has 0 aromatic heterocycles. The van der Waals surface area contributed by atoms with Gasteiger partial charge in [-0.25, -0.2) is 0 Å². The Hall–Kier alpha value is -2.63. The molecule has 2 aliphatic rings. The number of nitrogens with one attached hydrogen (secondary N) is 2. The van der Waals surface area contributed by atoms with Crippen LogP contribution in [0.25, 0.3) is 0 Å². The normalized spacial score (nSPS) is 22.3. The fourth-order valence-electron chi connectivity index (χ4n) is 3.28. The lowest BCUT2D eigenvalue weighted by atomic mass is 10.0. The van der Waals surface area contributed by atoms with E-state index in [1.807, 2.05) is 6.07 Å². The maximum atomic E-state index is 12.4. The topological polar surface area (TPSA) is 78.5 Å². The SMILES string of the molecule is CN1C[C@H](C(=O)Nc2ccccc2NC(=O)C[C@H]2C=CCC2)CC1=O. The average Bonchev–Trinajstić information content (AvgIpc) is 3.19. The molecule has 3 amide bonds. The van der Waals surface area contributed by atoms with Crippen LogP contribution in [0.1, 0.15) is 25.7 Å². The van der Waals surface area contributed by atoms with Crippen LogP contribution in [-0.4, -0.2) is 36.2 Å². The van der Waals surface area contributed by atoms with Crippen molar-refractivity contribution in [2.75, 3.05) is 24.2 Å². The van der Waals surface area contributed by atoms with Crippen LogP contribution in [-0.2, 0) is 14.4 Å². The summed E-state index contributed by atoms with van der Waals surface area (Å²) < 4.78 is 0. The molecule has 0 spiro atoms. The van der Waals surface area contributed by atoms with Crippen molar-refractivity contribution in [2.24, 2.45) is 11.8 Å². The first-order chi connectivity index (χ1) is 12.0. The van der Waals surface area contributed by atoms with Gasteiger partial charge in [0.2, 0.25) is 17.7 Å². The highest BCUT2D eigenvalue weighted by Gasteiger charge is 2.32. The Morgan fingerprint density at radius 2 is 1.92 bits per heavy atom. The van der Waals surface area contributed by atoms with Gasteiger partial charge in [0.05, 0.1) is 17.3 Å². The maximum Gasteiger partial charge on any atom is 0.229 e. The van der Waals surface area contributed by atoms with Gasteiger partial charge in [-0.1, -0.05) is 24.3 Å². The zero-order valence-corrected chi connectivity index (χ0v) is 14.3. The zero-order valence-electron chi connectivity index (χ0n) is 14.3. The number of hydrogen-bond acceptors (Lipinski definition) is 3. The van der Waals surface area contributed by atoms with Gasteiger partial charge >= 0.3 is 0 Å². The second kappa shape index (κ2) is 7.51. The second-order valence-electron chi connectivity index (χ2n) is 6.73. The van der Waals surface area contributed by atoms with Gasteiger partial charge in [-0.3, -0.25) is 14.4 Å². The fourth-order valence-corrected chi connectivity index (χ4v) is 3.28. The molecule has 6 heteroatoms. The quantitative estimate of drug-likeness (QED) is 0.807. The molecule has 25 heavy (non-hydrogen) atoms. The molecule has 1 saturated heterocycles. The molecular formula is C19H23N3O3. The van der Waals surface area contributed by atoms with Crippen LogP contribution in [0.5, 0.6) is 0 Å². The highest BCUT2D eigenvalue weighted by atomic mass is 16.2. The minimum absolute atomic E-state index is 0.0219. The molecule has 1 aliphatic carbocycles. The van der Waals surface area contributed by atoms with Crippen LogP contribution in [0.15, 0.2) is 36.4 Å². The van der Waals surface area contributed by atoms with E-state index < -0.39 is 0 Å².